The average molecular weight is 532 g/mol. The first-order valence-electron chi connectivity index (χ1n) is 12.7. The molecule has 5 rings (SSSR count). The van der Waals surface area contributed by atoms with Gasteiger partial charge in [-0.05, 0) is 49.4 Å². The molecule has 4 aromatic rings. The second-order valence-electron chi connectivity index (χ2n) is 9.27. The Bertz CT molecular complexity index is 1510. The summed E-state index contributed by atoms with van der Waals surface area (Å²) in [7, 11) is 1.58. The number of aromatic hydroxyl groups is 1. The van der Waals surface area contributed by atoms with Crippen molar-refractivity contribution < 1.29 is 33.4 Å². The van der Waals surface area contributed by atoms with Gasteiger partial charge in [0.15, 0.2) is 23.5 Å². The Morgan fingerprint density at radius 1 is 1.03 bits per heavy atom. The van der Waals surface area contributed by atoms with Gasteiger partial charge < -0.3 is 23.7 Å². The molecule has 1 aliphatic carbocycles. The van der Waals surface area contributed by atoms with E-state index in [1.807, 2.05) is 30.3 Å². The van der Waals surface area contributed by atoms with Crippen LogP contribution < -0.4 is 25.1 Å². The van der Waals surface area contributed by atoms with E-state index in [2.05, 4.69) is 5.48 Å². The molecule has 1 heterocycles. The Kier molecular flexibility index (Phi) is 7.98. The van der Waals surface area contributed by atoms with Gasteiger partial charge in [-0.3, -0.25) is 14.4 Å². The Morgan fingerprint density at radius 2 is 1.82 bits per heavy atom. The lowest BCUT2D eigenvalue weighted by Crippen LogP contribution is -2.28. The van der Waals surface area contributed by atoms with Gasteiger partial charge in [0.05, 0.1) is 19.8 Å². The van der Waals surface area contributed by atoms with Crippen LogP contribution in [0.3, 0.4) is 0 Å². The molecular weight excluding hydrogens is 502 g/mol. The molecule has 9 heteroatoms. The zero-order valence-electron chi connectivity index (χ0n) is 21.5. The predicted octanol–water partition coefficient (Wildman–Crippen LogP) is 5.12. The summed E-state index contributed by atoms with van der Waals surface area (Å²) in [5.74, 6) is 0.768. The molecule has 0 saturated heterocycles. The van der Waals surface area contributed by atoms with Crippen molar-refractivity contribution in [3.8, 4) is 34.3 Å². The number of benzene rings is 3. The molecule has 0 aliphatic heterocycles. The highest BCUT2D eigenvalue weighted by molar-refractivity contribution is 5.86. The van der Waals surface area contributed by atoms with Crippen LogP contribution in [0.5, 0.6) is 23.0 Å². The number of phenols is 1. The van der Waals surface area contributed by atoms with Crippen LogP contribution >= 0.6 is 0 Å². The average Bonchev–Trinajstić information content (AvgIpc) is 3.45. The third-order valence-electron chi connectivity index (χ3n) is 6.46. The Morgan fingerprint density at radius 3 is 2.59 bits per heavy atom. The molecule has 2 N–H and O–H groups in total. The Balaban J connectivity index is 1.32. The highest BCUT2D eigenvalue weighted by Gasteiger charge is 2.20. The molecule has 39 heavy (non-hydrogen) atoms. The fourth-order valence-corrected chi connectivity index (χ4v) is 4.53. The second-order valence-corrected chi connectivity index (χ2v) is 9.27. The second kappa shape index (κ2) is 11.9. The molecule has 1 saturated carbocycles. The lowest BCUT2D eigenvalue weighted by Gasteiger charge is -2.17. The molecule has 0 spiro atoms. The first-order chi connectivity index (χ1) is 19.0. The zero-order valence-corrected chi connectivity index (χ0v) is 21.5. The summed E-state index contributed by atoms with van der Waals surface area (Å²) in [4.78, 5) is 30.2. The number of carbonyl (C=O) groups is 1. The van der Waals surface area contributed by atoms with Crippen molar-refractivity contribution in [2.24, 2.45) is 0 Å². The molecule has 1 aliphatic rings. The summed E-state index contributed by atoms with van der Waals surface area (Å²) >= 11 is 0. The summed E-state index contributed by atoms with van der Waals surface area (Å²) in [6.07, 6.45) is 4.34. The van der Waals surface area contributed by atoms with E-state index >= 15 is 0 Å². The lowest BCUT2D eigenvalue weighted by molar-refractivity contribution is -0.136. The predicted molar refractivity (Wildman–Crippen MR) is 144 cm³/mol. The minimum atomic E-state index is -0.520. The molecule has 1 amide bonds. The molecule has 202 valence electrons. The summed E-state index contributed by atoms with van der Waals surface area (Å²) in [6.45, 7) is -0.167. The number of amides is 1. The van der Waals surface area contributed by atoms with Crippen LogP contribution in [-0.2, 0) is 16.2 Å². The summed E-state index contributed by atoms with van der Waals surface area (Å²) in [5, 5.41) is 10.5. The maximum absolute atomic E-state index is 12.9. The van der Waals surface area contributed by atoms with Gasteiger partial charge >= 0.3 is 0 Å². The van der Waals surface area contributed by atoms with E-state index in [0.717, 1.165) is 31.2 Å². The van der Waals surface area contributed by atoms with Gasteiger partial charge in [0.25, 0.3) is 5.91 Å². The summed E-state index contributed by atoms with van der Waals surface area (Å²) in [5.41, 5.74) is 3.52. The van der Waals surface area contributed by atoms with Gasteiger partial charge in [-0.2, -0.15) is 0 Å². The zero-order chi connectivity index (χ0) is 27.2. The van der Waals surface area contributed by atoms with Crippen LogP contribution in [0.4, 0.5) is 0 Å². The van der Waals surface area contributed by atoms with E-state index in [1.165, 1.54) is 18.2 Å². The van der Waals surface area contributed by atoms with Crippen molar-refractivity contribution in [1.82, 2.24) is 5.48 Å². The number of hydroxylamine groups is 1. The van der Waals surface area contributed by atoms with E-state index in [-0.39, 0.29) is 47.5 Å². The number of fused-ring (bicyclic) bond motifs is 1. The minimum Gasteiger partial charge on any atom is -0.507 e. The molecule has 1 fully saturated rings. The number of carbonyl (C=O) groups excluding carboxylic acids is 1. The van der Waals surface area contributed by atoms with Crippen LogP contribution in [0, 0.1) is 0 Å². The fourth-order valence-electron chi connectivity index (χ4n) is 4.53. The SMILES string of the molecule is COc1ccc(-c2cc(=O)c3c(O)cc(OCC(=O)NOCc4ccccc4)cc3o2)cc1OC1CCCC1. The van der Waals surface area contributed by atoms with Crippen molar-refractivity contribution in [1.29, 1.82) is 0 Å². The monoisotopic (exact) mass is 531 g/mol. The number of nitrogens with one attached hydrogen (secondary N) is 1. The number of hydrogen-bond acceptors (Lipinski definition) is 8. The molecule has 0 bridgehead atoms. The molecule has 3 aromatic carbocycles. The van der Waals surface area contributed by atoms with Gasteiger partial charge in [0.1, 0.15) is 28.2 Å². The molecule has 0 atom stereocenters. The molecular formula is C30H29NO8. The van der Waals surface area contributed by atoms with Crippen molar-refractivity contribution >= 4 is 16.9 Å². The first-order valence-corrected chi connectivity index (χ1v) is 12.7. The quantitative estimate of drug-likeness (QED) is 0.271. The highest BCUT2D eigenvalue weighted by atomic mass is 16.7. The summed E-state index contributed by atoms with van der Waals surface area (Å²) < 4.78 is 23.2. The van der Waals surface area contributed by atoms with Crippen LogP contribution in [0.1, 0.15) is 31.2 Å². The highest BCUT2D eigenvalue weighted by Crippen LogP contribution is 2.37. The normalized spacial score (nSPS) is 13.4. The van der Waals surface area contributed by atoms with E-state index in [0.29, 0.717) is 17.1 Å². The van der Waals surface area contributed by atoms with Crippen molar-refractivity contribution in [2.45, 2.75) is 38.4 Å². The Labute approximate surface area is 224 Å². The Hall–Kier alpha value is -4.50. The van der Waals surface area contributed by atoms with Crippen molar-refractivity contribution in [3.63, 3.8) is 0 Å². The number of hydrogen-bond donors (Lipinski definition) is 2. The fraction of sp³-hybridized carbons (Fsp3) is 0.267. The number of methoxy groups -OCH3 is 1. The van der Waals surface area contributed by atoms with E-state index in [1.54, 1.807) is 25.3 Å². The first kappa shape index (κ1) is 26.1. The molecule has 0 radical (unpaired) electrons. The van der Waals surface area contributed by atoms with Gasteiger partial charge in [-0.15, -0.1) is 0 Å². The van der Waals surface area contributed by atoms with E-state index in [9.17, 15) is 14.7 Å². The molecule has 0 unspecified atom stereocenters. The molecule has 9 nitrogen and oxygen atoms in total. The largest absolute Gasteiger partial charge is 0.507 e. The van der Waals surface area contributed by atoms with Gasteiger partial charge in [-0.1, -0.05) is 30.3 Å². The van der Waals surface area contributed by atoms with Gasteiger partial charge in [0.2, 0.25) is 0 Å². The number of ether oxygens (including phenoxy) is 3. The standard InChI is InChI=1S/C30H29NO8/c1-35-25-12-11-20(13-27(25)38-21-9-5-6-10-21)26-16-24(33)30-23(32)14-22(15-28(30)39-26)36-18-29(34)31-37-17-19-7-3-2-4-8-19/h2-4,7-8,11-16,21,32H,5-6,9-10,17-18H2,1H3,(H,31,34). The maximum Gasteiger partial charge on any atom is 0.281 e. The van der Waals surface area contributed by atoms with Crippen LogP contribution in [-0.4, -0.2) is 30.8 Å². The smallest absolute Gasteiger partial charge is 0.281 e. The van der Waals surface area contributed by atoms with Crippen LogP contribution in [0.15, 0.2) is 75.9 Å². The number of rotatable bonds is 10. The van der Waals surface area contributed by atoms with E-state index in [4.69, 9.17) is 23.5 Å². The van der Waals surface area contributed by atoms with Crippen molar-refractivity contribution in [3.05, 3.63) is 82.5 Å². The van der Waals surface area contributed by atoms with Crippen LogP contribution in [0.2, 0.25) is 0 Å². The van der Waals surface area contributed by atoms with E-state index < -0.39 is 11.3 Å². The lowest BCUT2D eigenvalue weighted by atomic mass is 10.1. The van der Waals surface area contributed by atoms with Gasteiger partial charge in [-0.25, -0.2) is 5.48 Å². The minimum absolute atomic E-state index is 0.0117. The third kappa shape index (κ3) is 6.32. The summed E-state index contributed by atoms with van der Waals surface area (Å²) in [6, 6.07) is 18.7. The van der Waals surface area contributed by atoms with Crippen LogP contribution in [0.25, 0.3) is 22.3 Å². The third-order valence-corrected chi connectivity index (χ3v) is 6.46. The van der Waals surface area contributed by atoms with Gasteiger partial charge in [0, 0.05) is 23.8 Å². The van der Waals surface area contributed by atoms with Crippen molar-refractivity contribution in [2.75, 3.05) is 13.7 Å². The molecule has 1 aromatic heterocycles. The maximum atomic E-state index is 12.9. The topological polar surface area (TPSA) is 116 Å². The number of phenolic OH excluding ortho intramolecular Hbond substituents is 1.